The minimum absolute atomic E-state index is 1.03. The fourth-order valence-corrected chi connectivity index (χ4v) is 2.12. The predicted molar refractivity (Wildman–Crippen MR) is 71.0 cm³/mol. The van der Waals surface area contributed by atoms with Crippen LogP contribution in [0.15, 0.2) is 41.8 Å². The van der Waals surface area contributed by atoms with Crippen LogP contribution in [0, 0.1) is 0 Å². The summed E-state index contributed by atoms with van der Waals surface area (Å²) in [6.07, 6.45) is 6.16. The highest BCUT2D eigenvalue weighted by molar-refractivity contribution is 8.27. The standard InChI is InChI=1S/C13H18S/c1-5-6-8-12-9-7-10-13(11-12)14(2,3)4/h5,7,9-11H,1-3,6,8H2,4H3. The van der Waals surface area contributed by atoms with Crippen LogP contribution in [0.1, 0.15) is 12.0 Å². The second kappa shape index (κ2) is 4.52. The van der Waals surface area contributed by atoms with Gasteiger partial charge < -0.3 is 0 Å². The van der Waals surface area contributed by atoms with E-state index >= 15 is 0 Å². The molecular weight excluding hydrogens is 188 g/mol. The molecule has 1 rings (SSSR count). The molecule has 1 aromatic carbocycles. The van der Waals surface area contributed by atoms with Crippen LogP contribution < -0.4 is 0 Å². The van der Waals surface area contributed by atoms with E-state index < -0.39 is 9.21 Å². The molecule has 0 heterocycles. The van der Waals surface area contributed by atoms with Gasteiger partial charge in [0.05, 0.1) is 0 Å². The Bertz CT molecular complexity index is 411. The summed E-state index contributed by atoms with van der Waals surface area (Å²) in [6.45, 7) is 3.73. The Hall–Kier alpha value is -0.950. The minimum atomic E-state index is -1.08. The van der Waals surface area contributed by atoms with Gasteiger partial charge in [-0.3, -0.25) is 0 Å². The highest BCUT2D eigenvalue weighted by Crippen LogP contribution is 2.28. The van der Waals surface area contributed by atoms with E-state index in [1.165, 1.54) is 10.5 Å². The Balaban J connectivity index is 2.95. The maximum absolute atomic E-state index is 4.11. The second-order valence-corrected chi connectivity index (χ2v) is 6.77. The molecule has 0 fully saturated rings. The molecule has 0 saturated heterocycles. The van der Waals surface area contributed by atoms with Gasteiger partial charge in [0.1, 0.15) is 0 Å². The van der Waals surface area contributed by atoms with Crippen LogP contribution >= 0.6 is 9.21 Å². The van der Waals surface area contributed by atoms with Gasteiger partial charge in [-0.25, -0.2) is 0 Å². The maximum atomic E-state index is 4.11. The van der Waals surface area contributed by atoms with Gasteiger partial charge in [-0.1, -0.05) is 29.9 Å². The first-order chi connectivity index (χ1) is 6.54. The lowest BCUT2D eigenvalue weighted by Crippen LogP contribution is -1.85. The highest BCUT2D eigenvalue weighted by Gasteiger charge is 1.97. The molecule has 0 amide bonds. The van der Waals surface area contributed by atoms with Crippen molar-refractivity contribution in [2.45, 2.75) is 17.7 Å². The van der Waals surface area contributed by atoms with Crippen molar-refractivity contribution < 1.29 is 0 Å². The van der Waals surface area contributed by atoms with Gasteiger partial charge in [-0.05, 0) is 41.7 Å². The number of hydrogen-bond donors (Lipinski definition) is 0. The molecule has 0 aliphatic rings. The smallest absolute Gasteiger partial charge is 0.00389 e. The summed E-state index contributed by atoms with van der Waals surface area (Å²) in [5.41, 5.74) is 1.36. The fourth-order valence-electron chi connectivity index (χ4n) is 1.28. The number of hydrogen-bond acceptors (Lipinski definition) is 0. The fraction of sp³-hybridized carbons (Fsp3) is 0.231. The van der Waals surface area contributed by atoms with Crippen molar-refractivity contribution in [1.29, 1.82) is 0 Å². The van der Waals surface area contributed by atoms with Gasteiger partial charge in [0.2, 0.25) is 0 Å². The predicted octanol–water partition coefficient (Wildman–Crippen LogP) is 3.46. The van der Waals surface area contributed by atoms with Gasteiger partial charge in [0, 0.05) is 0 Å². The van der Waals surface area contributed by atoms with Crippen molar-refractivity contribution in [3.05, 3.63) is 42.5 Å². The molecule has 0 bridgehead atoms. The van der Waals surface area contributed by atoms with Crippen molar-refractivity contribution in [2.24, 2.45) is 0 Å². The lowest BCUT2D eigenvalue weighted by atomic mass is 10.1. The lowest BCUT2D eigenvalue weighted by molar-refractivity contribution is 0.997. The Morgan fingerprint density at radius 2 is 2.07 bits per heavy atom. The zero-order chi connectivity index (χ0) is 10.6. The minimum Gasteiger partial charge on any atom is -0.190 e. The van der Waals surface area contributed by atoms with Crippen LogP contribution in [0.4, 0.5) is 0 Å². The van der Waals surface area contributed by atoms with E-state index in [0.29, 0.717) is 0 Å². The molecule has 1 heteroatoms. The van der Waals surface area contributed by atoms with E-state index in [4.69, 9.17) is 0 Å². The third kappa shape index (κ3) is 3.08. The van der Waals surface area contributed by atoms with Crippen LogP contribution in [0.2, 0.25) is 0 Å². The summed E-state index contributed by atoms with van der Waals surface area (Å²) in [7, 11) is -1.08. The normalized spacial score (nSPS) is 11.2. The molecule has 0 saturated carbocycles. The zero-order valence-corrected chi connectivity index (χ0v) is 9.65. The summed E-state index contributed by atoms with van der Waals surface area (Å²) >= 11 is 0. The molecule has 0 aliphatic heterocycles. The van der Waals surface area contributed by atoms with Crippen molar-refractivity contribution in [1.82, 2.24) is 0 Å². The van der Waals surface area contributed by atoms with Crippen molar-refractivity contribution in [2.75, 3.05) is 6.26 Å². The first-order valence-electron chi connectivity index (χ1n) is 4.68. The monoisotopic (exact) mass is 206 g/mol. The molecule has 0 aromatic heterocycles. The van der Waals surface area contributed by atoms with Gasteiger partial charge in [-0.2, -0.15) is 9.21 Å². The largest absolute Gasteiger partial charge is 0.190 e. The molecule has 0 radical (unpaired) electrons. The zero-order valence-electron chi connectivity index (χ0n) is 8.83. The van der Waals surface area contributed by atoms with Crippen LogP contribution in [0.3, 0.4) is 0 Å². The molecule has 76 valence electrons. The van der Waals surface area contributed by atoms with Crippen LogP contribution in [-0.4, -0.2) is 18.0 Å². The summed E-state index contributed by atoms with van der Waals surface area (Å²) < 4.78 is 0. The average Bonchev–Trinajstić information content (AvgIpc) is 2.14. The number of rotatable bonds is 4. The van der Waals surface area contributed by atoms with E-state index in [0.717, 1.165) is 12.8 Å². The van der Waals surface area contributed by atoms with E-state index in [-0.39, 0.29) is 0 Å². The van der Waals surface area contributed by atoms with Crippen molar-refractivity contribution in [3.63, 3.8) is 0 Å². The quantitative estimate of drug-likeness (QED) is 0.523. The average molecular weight is 206 g/mol. The maximum Gasteiger partial charge on any atom is -0.00389 e. The number of aryl methyl sites for hydroxylation is 1. The van der Waals surface area contributed by atoms with E-state index in [9.17, 15) is 0 Å². The Morgan fingerprint density at radius 1 is 1.36 bits per heavy atom. The van der Waals surface area contributed by atoms with Crippen LogP contribution in [0.5, 0.6) is 0 Å². The van der Waals surface area contributed by atoms with Crippen molar-refractivity contribution in [3.8, 4) is 0 Å². The highest BCUT2D eigenvalue weighted by atomic mass is 32.2. The third-order valence-electron chi connectivity index (χ3n) is 2.10. The molecule has 0 aliphatic carbocycles. The molecule has 0 N–H and O–H groups in total. The van der Waals surface area contributed by atoms with E-state index in [2.05, 4.69) is 48.8 Å². The summed E-state index contributed by atoms with van der Waals surface area (Å²) in [5, 5.41) is 0. The Labute approximate surface area is 87.8 Å². The third-order valence-corrected chi connectivity index (χ3v) is 3.50. The Morgan fingerprint density at radius 3 is 2.64 bits per heavy atom. The van der Waals surface area contributed by atoms with Gasteiger partial charge in [-0.15, -0.1) is 6.58 Å². The lowest BCUT2D eigenvalue weighted by Gasteiger charge is -2.09. The first-order valence-corrected chi connectivity index (χ1v) is 7.06. The second-order valence-electron chi connectivity index (χ2n) is 3.75. The number of benzene rings is 1. The van der Waals surface area contributed by atoms with Crippen LogP contribution in [-0.2, 0) is 6.42 Å². The molecule has 14 heavy (non-hydrogen) atoms. The summed E-state index contributed by atoms with van der Waals surface area (Å²) in [4.78, 5) is 1.28. The van der Waals surface area contributed by atoms with Gasteiger partial charge in [0.15, 0.2) is 0 Å². The van der Waals surface area contributed by atoms with Gasteiger partial charge >= 0.3 is 0 Å². The molecule has 1 aromatic rings. The summed E-state index contributed by atoms with van der Waals surface area (Å²) in [5.74, 6) is 8.23. The summed E-state index contributed by atoms with van der Waals surface area (Å²) in [6, 6.07) is 8.58. The van der Waals surface area contributed by atoms with Crippen molar-refractivity contribution >= 4 is 20.9 Å². The van der Waals surface area contributed by atoms with E-state index in [1.54, 1.807) is 0 Å². The van der Waals surface area contributed by atoms with E-state index in [1.807, 2.05) is 6.08 Å². The molecule has 0 unspecified atom stereocenters. The molecule has 0 atom stereocenters. The Kier molecular flexibility index (Phi) is 3.59. The van der Waals surface area contributed by atoms with Gasteiger partial charge in [0.25, 0.3) is 0 Å². The molecule has 0 nitrogen and oxygen atoms in total. The topological polar surface area (TPSA) is 0 Å². The number of allylic oxidation sites excluding steroid dienone is 1. The SMILES string of the molecule is C=CCCc1cccc(S(=C)(=C)C)c1. The molecular formula is C13H18S. The first kappa shape index (κ1) is 11.1. The molecule has 0 spiro atoms. The van der Waals surface area contributed by atoms with Crippen LogP contribution in [0.25, 0.3) is 0 Å².